The van der Waals surface area contributed by atoms with E-state index in [2.05, 4.69) is 26.6 Å². The van der Waals surface area contributed by atoms with Gasteiger partial charge in [-0.2, -0.15) is 0 Å². The van der Waals surface area contributed by atoms with Gasteiger partial charge in [0.05, 0.1) is 12.8 Å². The van der Waals surface area contributed by atoms with Crippen LogP contribution in [-0.2, 0) is 0 Å². The minimum atomic E-state index is -1.77. The lowest BCUT2D eigenvalue weighted by Gasteiger charge is -2.28. The molecule has 0 bridgehead atoms. The van der Waals surface area contributed by atoms with Crippen molar-refractivity contribution >= 4 is 62.3 Å². The monoisotopic (exact) mass is 450 g/mol. The Bertz CT molecular complexity index is 705. The van der Waals surface area contributed by atoms with Crippen LogP contribution in [0.15, 0.2) is 53.0 Å². The van der Waals surface area contributed by atoms with Gasteiger partial charge in [0.25, 0.3) is 5.91 Å². The molecule has 8 heteroatoms. The number of anilines is 1. The molecule has 0 unspecified atom stereocenters. The molecule has 4 nitrogen and oxygen atoms in total. The van der Waals surface area contributed by atoms with E-state index in [1.807, 2.05) is 6.07 Å². The van der Waals surface area contributed by atoms with Gasteiger partial charge in [-0.25, -0.2) is 0 Å². The number of carbonyl (C=O) groups is 1. The lowest BCUT2D eigenvalue weighted by Crippen LogP contribution is -2.49. The highest BCUT2D eigenvalue weighted by molar-refractivity contribution is 9.10. The smallest absolute Gasteiger partial charge is 0.252 e. The van der Waals surface area contributed by atoms with E-state index in [0.717, 1.165) is 4.47 Å². The summed E-state index contributed by atoms with van der Waals surface area (Å²) in [4.78, 5) is 12.4. The Kier molecular flexibility index (Phi) is 6.63. The highest BCUT2D eigenvalue weighted by Crippen LogP contribution is 2.33. The van der Waals surface area contributed by atoms with Gasteiger partial charge in [-0.3, -0.25) is 4.79 Å². The minimum absolute atomic E-state index is 0.374. The van der Waals surface area contributed by atoms with Gasteiger partial charge in [-0.15, -0.1) is 0 Å². The number of methoxy groups -OCH3 is 1. The van der Waals surface area contributed by atoms with Gasteiger partial charge in [0.1, 0.15) is 11.9 Å². The maximum Gasteiger partial charge on any atom is 0.252 e. The Morgan fingerprint density at radius 3 is 2.33 bits per heavy atom. The van der Waals surface area contributed by atoms with E-state index < -0.39 is 9.96 Å². The predicted octanol–water partition coefficient (Wildman–Crippen LogP) is 5.00. The van der Waals surface area contributed by atoms with Crippen molar-refractivity contribution < 1.29 is 9.53 Å². The Hall–Kier alpha value is -1.14. The number of ether oxygens (including phenoxy) is 1. The SMILES string of the molecule is COc1ccccc1N[C@@H](NC(=O)c1ccc(Br)cc1)C(Cl)(Cl)Cl. The zero-order valence-electron chi connectivity index (χ0n) is 12.5. The third kappa shape index (κ3) is 5.18. The summed E-state index contributed by atoms with van der Waals surface area (Å²) < 4.78 is 4.34. The molecule has 0 spiro atoms. The molecule has 24 heavy (non-hydrogen) atoms. The summed E-state index contributed by atoms with van der Waals surface area (Å²) in [5, 5.41) is 5.66. The van der Waals surface area contributed by atoms with Crippen LogP contribution in [0.25, 0.3) is 0 Å². The van der Waals surface area contributed by atoms with Crippen molar-refractivity contribution in [1.82, 2.24) is 5.32 Å². The fourth-order valence-electron chi connectivity index (χ4n) is 1.93. The van der Waals surface area contributed by atoms with E-state index in [9.17, 15) is 4.79 Å². The van der Waals surface area contributed by atoms with Crippen LogP contribution in [0.4, 0.5) is 5.69 Å². The molecular weight excluding hydrogens is 438 g/mol. The molecule has 0 aliphatic rings. The third-order valence-electron chi connectivity index (χ3n) is 3.12. The first-order chi connectivity index (χ1) is 11.3. The first-order valence-electron chi connectivity index (χ1n) is 6.84. The average Bonchev–Trinajstić information content (AvgIpc) is 2.54. The van der Waals surface area contributed by atoms with E-state index in [0.29, 0.717) is 17.0 Å². The third-order valence-corrected chi connectivity index (χ3v) is 4.30. The number of halogens is 4. The Labute approximate surface area is 163 Å². The largest absolute Gasteiger partial charge is 0.495 e. The molecule has 1 atom stereocenters. The number of benzene rings is 2. The Morgan fingerprint density at radius 1 is 1.12 bits per heavy atom. The summed E-state index contributed by atoms with van der Waals surface area (Å²) in [6.45, 7) is 0. The number of carbonyl (C=O) groups excluding carboxylic acids is 1. The summed E-state index contributed by atoms with van der Waals surface area (Å²) in [7, 11) is 1.53. The number of amides is 1. The van der Waals surface area contributed by atoms with Crippen LogP contribution in [0.3, 0.4) is 0 Å². The molecule has 2 rings (SSSR count). The zero-order valence-corrected chi connectivity index (χ0v) is 16.4. The van der Waals surface area contributed by atoms with Crippen molar-refractivity contribution in [3.05, 3.63) is 58.6 Å². The molecule has 128 valence electrons. The summed E-state index contributed by atoms with van der Waals surface area (Å²) in [6, 6.07) is 14.0. The highest BCUT2D eigenvalue weighted by atomic mass is 79.9. The second kappa shape index (κ2) is 8.30. The summed E-state index contributed by atoms with van der Waals surface area (Å²) in [6.07, 6.45) is -0.963. The van der Waals surface area contributed by atoms with Crippen LogP contribution in [-0.4, -0.2) is 23.0 Å². The van der Waals surface area contributed by atoms with Crippen LogP contribution in [0, 0.1) is 0 Å². The number of hydrogen-bond acceptors (Lipinski definition) is 3. The fourth-order valence-corrected chi connectivity index (χ4v) is 2.53. The van der Waals surface area contributed by atoms with Crippen molar-refractivity contribution in [3.63, 3.8) is 0 Å². The molecule has 0 aliphatic heterocycles. The highest BCUT2D eigenvalue weighted by Gasteiger charge is 2.34. The average molecular weight is 453 g/mol. The molecule has 0 saturated carbocycles. The standard InChI is InChI=1S/C16H14BrCl3N2O2/c1-24-13-5-3-2-4-12(13)21-15(16(18,19)20)22-14(23)10-6-8-11(17)9-7-10/h2-9,15,21H,1H3,(H,22,23)/t15-/m0/s1. The quantitative estimate of drug-likeness (QED) is 0.496. The van der Waals surface area contributed by atoms with Gasteiger partial charge >= 0.3 is 0 Å². The summed E-state index contributed by atoms with van der Waals surface area (Å²) in [5.41, 5.74) is 1.03. The Balaban J connectivity index is 2.20. The minimum Gasteiger partial charge on any atom is -0.495 e. The number of rotatable bonds is 5. The zero-order chi connectivity index (χ0) is 17.7. The van der Waals surface area contributed by atoms with Crippen molar-refractivity contribution in [2.24, 2.45) is 0 Å². The van der Waals surface area contributed by atoms with E-state index in [-0.39, 0.29) is 5.91 Å². The topological polar surface area (TPSA) is 50.4 Å². The van der Waals surface area contributed by atoms with Gasteiger partial charge in [-0.1, -0.05) is 62.9 Å². The number of nitrogens with one attached hydrogen (secondary N) is 2. The van der Waals surface area contributed by atoms with Crippen LogP contribution >= 0.6 is 50.7 Å². The number of hydrogen-bond donors (Lipinski definition) is 2. The van der Waals surface area contributed by atoms with Crippen LogP contribution in [0.2, 0.25) is 0 Å². The summed E-state index contributed by atoms with van der Waals surface area (Å²) >= 11 is 21.3. The maximum atomic E-state index is 12.4. The molecule has 1 amide bonds. The maximum absolute atomic E-state index is 12.4. The van der Waals surface area contributed by atoms with E-state index in [1.165, 1.54) is 7.11 Å². The van der Waals surface area contributed by atoms with Crippen LogP contribution in [0.5, 0.6) is 5.75 Å². The first kappa shape index (κ1) is 19.2. The van der Waals surface area contributed by atoms with Gasteiger partial charge in [-0.05, 0) is 36.4 Å². The fraction of sp³-hybridized carbons (Fsp3) is 0.188. The molecule has 0 fully saturated rings. The normalized spacial score (nSPS) is 12.4. The van der Waals surface area contributed by atoms with Crippen molar-refractivity contribution in [1.29, 1.82) is 0 Å². The van der Waals surface area contributed by atoms with E-state index in [1.54, 1.807) is 42.5 Å². The second-order valence-electron chi connectivity index (χ2n) is 4.80. The van der Waals surface area contributed by atoms with Gasteiger partial charge in [0.15, 0.2) is 0 Å². The van der Waals surface area contributed by atoms with Crippen molar-refractivity contribution in [2.45, 2.75) is 9.96 Å². The van der Waals surface area contributed by atoms with E-state index in [4.69, 9.17) is 39.5 Å². The predicted molar refractivity (Wildman–Crippen MR) is 102 cm³/mol. The first-order valence-corrected chi connectivity index (χ1v) is 8.76. The molecule has 0 heterocycles. The molecule has 2 N–H and O–H groups in total. The molecular formula is C16H14BrCl3N2O2. The van der Waals surface area contributed by atoms with Crippen LogP contribution < -0.4 is 15.4 Å². The number of para-hydroxylation sites is 2. The van der Waals surface area contributed by atoms with Gasteiger partial charge < -0.3 is 15.4 Å². The van der Waals surface area contributed by atoms with Crippen LogP contribution in [0.1, 0.15) is 10.4 Å². The van der Waals surface area contributed by atoms with Crippen molar-refractivity contribution in [2.75, 3.05) is 12.4 Å². The molecule has 0 aromatic heterocycles. The Morgan fingerprint density at radius 2 is 1.75 bits per heavy atom. The molecule has 0 aliphatic carbocycles. The number of alkyl halides is 3. The molecule has 2 aromatic rings. The van der Waals surface area contributed by atoms with Gasteiger partial charge in [0.2, 0.25) is 3.79 Å². The van der Waals surface area contributed by atoms with Crippen molar-refractivity contribution in [3.8, 4) is 5.75 Å². The molecule has 0 saturated heterocycles. The lowest BCUT2D eigenvalue weighted by molar-refractivity contribution is 0.0941. The lowest BCUT2D eigenvalue weighted by atomic mass is 10.2. The molecule has 0 radical (unpaired) electrons. The summed E-state index contributed by atoms with van der Waals surface area (Å²) in [5.74, 6) is 0.191. The van der Waals surface area contributed by atoms with Gasteiger partial charge in [0, 0.05) is 10.0 Å². The second-order valence-corrected chi connectivity index (χ2v) is 8.08. The van der Waals surface area contributed by atoms with E-state index >= 15 is 0 Å². The molecule has 2 aromatic carbocycles.